The Labute approximate surface area is 111 Å². The normalized spacial score (nSPS) is 25.2. The van der Waals surface area contributed by atoms with Crippen LogP contribution in [0.3, 0.4) is 0 Å². The highest BCUT2D eigenvalue weighted by Gasteiger charge is 2.20. The Kier molecular flexibility index (Phi) is 5.21. The van der Waals surface area contributed by atoms with Crippen LogP contribution in [0.15, 0.2) is 30.3 Å². The number of hydrogen-bond acceptors (Lipinski definition) is 2. The molecule has 1 aliphatic heterocycles. The molecule has 0 bridgehead atoms. The van der Waals surface area contributed by atoms with Gasteiger partial charge < -0.3 is 10.2 Å². The molecule has 1 aliphatic rings. The Balaban J connectivity index is 1.63. The zero-order valence-corrected chi connectivity index (χ0v) is 11.7. The lowest BCUT2D eigenvalue weighted by atomic mass is 9.92. The summed E-state index contributed by atoms with van der Waals surface area (Å²) in [5, 5.41) is 3.54. The average molecular weight is 246 g/mol. The summed E-state index contributed by atoms with van der Waals surface area (Å²) in [7, 11) is 0. The van der Waals surface area contributed by atoms with Crippen LogP contribution >= 0.6 is 0 Å². The Hall–Kier alpha value is -0.860. The molecule has 1 aromatic rings. The lowest BCUT2D eigenvalue weighted by Crippen LogP contribution is -2.41. The third-order valence-corrected chi connectivity index (χ3v) is 3.72. The third kappa shape index (κ3) is 4.43. The van der Waals surface area contributed by atoms with Crippen molar-refractivity contribution in [3.8, 4) is 0 Å². The number of nitrogens with one attached hydrogen (secondary N) is 1. The fraction of sp³-hybridized carbons (Fsp3) is 0.625. The Morgan fingerprint density at radius 1 is 1.11 bits per heavy atom. The standard InChI is InChI=1S/C16H26N2/c1-14-10-15(2)13-18(12-14)9-8-17-11-16-6-4-3-5-7-16/h3-7,14-15,17H,8-13H2,1-2H3. The molecule has 18 heavy (non-hydrogen) atoms. The zero-order chi connectivity index (χ0) is 12.8. The predicted molar refractivity (Wildman–Crippen MR) is 77.5 cm³/mol. The van der Waals surface area contributed by atoms with Crippen LogP contribution in [0, 0.1) is 11.8 Å². The molecule has 2 nitrogen and oxygen atoms in total. The number of rotatable bonds is 5. The highest BCUT2D eigenvalue weighted by molar-refractivity contribution is 5.14. The van der Waals surface area contributed by atoms with E-state index in [0.29, 0.717) is 0 Å². The maximum absolute atomic E-state index is 3.54. The first-order valence-electron chi connectivity index (χ1n) is 7.21. The second-order valence-electron chi connectivity index (χ2n) is 5.87. The van der Waals surface area contributed by atoms with Gasteiger partial charge in [0, 0.05) is 32.7 Å². The number of benzene rings is 1. The summed E-state index contributed by atoms with van der Waals surface area (Å²) in [5.41, 5.74) is 1.37. The van der Waals surface area contributed by atoms with Crippen molar-refractivity contribution in [2.24, 2.45) is 11.8 Å². The van der Waals surface area contributed by atoms with E-state index in [9.17, 15) is 0 Å². The van der Waals surface area contributed by atoms with Crippen molar-refractivity contribution < 1.29 is 0 Å². The highest BCUT2D eigenvalue weighted by Crippen LogP contribution is 2.20. The first-order chi connectivity index (χ1) is 8.74. The molecule has 0 aliphatic carbocycles. The molecule has 0 aromatic heterocycles. The molecule has 0 amide bonds. The van der Waals surface area contributed by atoms with E-state index in [1.165, 1.54) is 31.6 Å². The SMILES string of the molecule is CC1CC(C)CN(CCNCc2ccccc2)C1. The van der Waals surface area contributed by atoms with Crippen molar-refractivity contribution in [1.82, 2.24) is 10.2 Å². The van der Waals surface area contributed by atoms with Crippen LogP contribution in [0.5, 0.6) is 0 Å². The third-order valence-electron chi connectivity index (χ3n) is 3.72. The molecule has 1 N–H and O–H groups in total. The number of hydrogen-bond donors (Lipinski definition) is 1. The second kappa shape index (κ2) is 6.91. The summed E-state index contributed by atoms with van der Waals surface area (Å²) in [5.74, 6) is 1.73. The molecule has 2 heteroatoms. The minimum Gasteiger partial charge on any atom is -0.311 e. The quantitative estimate of drug-likeness (QED) is 0.804. The van der Waals surface area contributed by atoms with Crippen molar-refractivity contribution in [2.45, 2.75) is 26.8 Å². The Bertz CT molecular complexity index is 326. The lowest BCUT2D eigenvalue weighted by Gasteiger charge is -2.34. The van der Waals surface area contributed by atoms with Gasteiger partial charge in [0.2, 0.25) is 0 Å². The van der Waals surface area contributed by atoms with Crippen LogP contribution in [-0.2, 0) is 6.54 Å². The maximum atomic E-state index is 3.54. The van der Waals surface area contributed by atoms with E-state index in [2.05, 4.69) is 54.4 Å². The fourth-order valence-corrected chi connectivity index (χ4v) is 3.04. The lowest BCUT2D eigenvalue weighted by molar-refractivity contribution is 0.142. The van der Waals surface area contributed by atoms with E-state index in [-0.39, 0.29) is 0 Å². The van der Waals surface area contributed by atoms with Crippen molar-refractivity contribution in [3.63, 3.8) is 0 Å². The molecule has 1 aromatic carbocycles. The van der Waals surface area contributed by atoms with Gasteiger partial charge in [-0.15, -0.1) is 0 Å². The monoisotopic (exact) mass is 246 g/mol. The smallest absolute Gasteiger partial charge is 0.0206 e. The molecule has 2 atom stereocenters. The van der Waals surface area contributed by atoms with Gasteiger partial charge in [-0.2, -0.15) is 0 Å². The van der Waals surface area contributed by atoms with Gasteiger partial charge in [-0.25, -0.2) is 0 Å². The van der Waals surface area contributed by atoms with Gasteiger partial charge in [-0.1, -0.05) is 44.2 Å². The number of nitrogens with zero attached hydrogens (tertiary/aromatic N) is 1. The average Bonchev–Trinajstić information content (AvgIpc) is 2.35. The van der Waals surface area contributed by atoms with Crippen LogP contribution in [0.25, 0.3) is 0 Å². The molecule has 1 heterocycles. The van der Waals surface area contributed by atoms with Crippen molar-refractivity contribution in [1.29, 1.82) is 0 Å². The van der Waals surface area contributed by atoms with E-state index >= 15 is 0 Å². The molecule has 2 unspecified atom stereocenters. The second-order valence-corrected chi connectivity index (χ2v) is 5.87. The molecule has 100 valence electrons. The van der Waals surface area contributed by atoms with Crippen LogP contribution in [-0.4, -0.2) is 31.1 Å². The van der Waals surface area contributed by atoms with Gasteiger partial charge in [-0.05, 0) is 23.8 Å². The highest BCUT2D eigenvalue weighted by atomic mass is 15.1. The van der Waals surface area contributed by atoms with Crippen LogP contribution in [0.4, 0.5) is 0 Å². The topological polar surface area (TPSA) is 15.3 Å². The molecule has 1 fully saturated rings. The van der Waals surface area contributed by atoms with E-state index in [4.69, 9.17) is 0 Å². The minimum absolute atomic E-state index is 0.864. The Morgan fingerprint density at radius 2 is 1.78 bits per heavy atom. The van der Waals surface area contributed by atoms with Gasteiger partial charge in [-0.3, -0.25) is 0 Å². The van der Waals surface area contributed by atoms with Crippen molar-refractivity contribution >= 4 is 0 Å². The summed E-state index contributed by atoms with van der Waals surface area (Å²) in [6.07, 6.45) is 1.40. The van der Waals surface area contributed by atoms with E-state index < -0.39 is 0 Å². The molecule has 0 saturated carbocycles. The van der Waals surface area contributed by atoms with Gasteiger partial charge >= 0.3 is 0 Å². The van der Waals surface area contributed by atoms with Gasteiger partial charge in [0.1, 0.15) is 0 Å². The van der Waals surface area contributed by atoms with Crippen LogP contribution in [0.2, 0.25) is 0 Å². The van der Waals surface area contributed by atoms with Gasteiger partial charge in [0.15, 0.2) is 0 Å². The summed E-state index contributed by atoms with van der Waals surface area (Å²) in [6.45, 7) is 10.6. The minimum atomic E-state index is 0.864. The van der Waals surface area contributed by atoms with Crippen LogP contribution in [0.1, 0.15) is 25.8 Å². The summed E-state index contributed by atoms with van der Waals surface area (Å²) in [6, 6.07) is 10.6. The first-order valence-corrected chi connectivity index (χ1v) is 7.21. The largest absolute Gasteiger partial charge is 0.311 e. The first kappa shape index (κ1) is 13.6. The van der Waals surface area contributed by atoms with Gasteiger partial charge in [0.25, 0.3) is 0 Å². The molecule has 0 spiro atoms. The molecular weight excluding hydrogens is 220 g/mol. The van der Waals surface area contributed by atoms with Crippen molar-refractivity contribution in [3.05, 3.63) is 35.9 Å². The predicted octanol–water partition coefficient (Wildman–Crippen LogP) is 2.75. The summed E-state index contributed by atoms with van der Waals surface area (Å²) in [4.78, 5) is 2.61. The van der Waals surface area contributed by atoms with Crippen molar-refractivity contribution in [2.75, 3.05) is 26.2 Å². The number of piperidine rings is 1. The summed E-state index contributed by atoms with van der Waals surface area (Å²) >= 11 is 0. The van der Waals surface area contributed by atoms with Crippen LogP contribution < -0.4 is 5.32 Å². The van der Waals surface area contributed by atoms with Gasteiger partial charge in [0.05, 0.1) is 0 Å². The van der Waals surface area contributed by atoms with E-state index in [1.807, 2.05) is 0 Å². The molecule has 0 radical (unpaired) electrons. The maximum Gasteiger partial charge on any atom is 0.0206 e. The molecule has 1 saturated heterocycles. The fourth-order valence-electron chi connectivity index (χ4n) is 3.04. The van der Waals surface area contributed by atoms with E-state index in [0.717, 1.165) is 24.9 Å². The molecular formula is C16H26N2. The zero-order valence-electron chi connectivity index (χ0n) is 11.7. The summed E-state index contributed by atoms with van der Waals surface area (Å²) < 4.78 is 0. The van der Waals surface area contributed by atoms with E-state index in [1.54, 1.807) is 0 Å². The molecule has 2 rings (SSSR count). The Morgan fingerprint density at radius 3 is 2.44 bits per heavy atom. The number of likely N-dealkylation sites (tertiary alicyclic amines) is 1.